The first kappa shape index (κ1) is 28.7. The molecule has 8 heteroatoms. The molecule has 2 aromatic rings. The molecule has 216 valence electrons. The van der Waals surface area contributed by atoms with Crippen LogP contribution in [0.3, 0.4) is 0 Å². The number of aromatic nitrogens is 1. The zero-order valence-electron chi connectivity index (χ0n) is 23.7. The minimum atomic E-state index is -1.42. The van der Waals surface area contributed by atoms with E-state index in [1.807, 2.05) is 19.1 Å². The highest BCUT2D eigenvalue weighted by Crippen LogP contribution is 2.59. The molecule has 7 atom stereocenters. The zero-order chi connectivity index (χ0) is 28.5. The molecule has 8 nitrogen and oxygen atoms in total. The second-order valence-electron chi connectivity index (χ2n) is 12.4. The van der Waals surface area contributed by atoms with Gasteiger partial charge in [-0.2, -0.15) is 0 Å². The Labute approximate surface area is 237 Å². The molecule has 1 heterocycles. The number of allylic oxidation sites excluding steroid dienone is 1. The average Bonchev–Trinajstić information content (AvgIpc) is 3.42. The van der Waals surface area contributed by atoms with Gasteiger partial charge >= 0.3 is 0 Å². The van der Waals surface area contributed by atoms with Crippen molar-refractivity contribution in [2.45, 2.75) is 81.6 Å². The fourth-order valence-corrected chi connectivity index (χ4v) is 7.41. The van der Waals surface area contributed by atoms with E-state index in [1.165, 1.54) is 0 Å². The number of aromatic amines is 1. The molecule has 0 amide bonds. The Morgan fingerprint density at radius 2 is 2.00 bits per heavy atom. The van der Waals surface area contributed by atoms with Crippen LogP contribution in [0.25, 0.3) is 10.9 Å². The first-order valence-electron chi connectivity index (χ1n) is 14.5. The number of hydrogen-bond acceptors (Lipinski definition) is 5. The van der Waals surface area contributed by atoms with Gasteiger partial charge in [0, 0.05) is 56.1 Å². The molecule has 0 unspecified atom stereocenters. The fourth-order valence-electron chi connectivity index (χ4n) is 7.41. The van der Waals surface area contributed by atoms with Crippen LogP contribution in [0.4, 0.5) is 0 Å². The fraction of sp³-hybridized carbons (Fsp3) is 0.594. The van der Waals surface area contributed by atoms with E-state index in [-0.39, 0.29) is 24.9 Å². The molecular formula is C32H44N4O4. The van der Waals surface area contributed by atoms with E-state index in [4.69, 9.17) is 5.11 Å². The van der Waals surface area contributed by atoms with Crippen LogP contribution in [0.2, 0.25) is 0 Å². The van der Waals surface area contributed by atoms with Gasteiger partial charge in [0.25, 0.3) is 0 Å². The molecule has 7 N–H and O–H groups in total. The molecule has 0 radical (unpaired) electrons. The number of aliphatic imine (C=N–C) groups is 1. The van der Waals surface area contributed by atoms with Crippen LogP contribution in [-0.2, 0) is 6.42 Å². The standard InChI is InChI=1S/C32H44N4O4/c1-21(16-24-17-22-8-4-5-10-27(22)35-24)31-11-6-9-23(36-29(33-3)34-14-7-15-37)19-32(40)26(20-31)25(18-28(32)38)30(2,39)12-13-31/h4-5,8,10,17,23,25-26,28,35,37-40H,1,7,11-16,18-20H2,2-3H3,(H2,33,34,36)/t23-,25+,26+,28+,30-,31+,32-/m1/s1. The van der Waals surface area contributed by atoms with E-state index < -0.39 is 28.8 Å². The number of para-hydroxylation sites is 1. The van der Waals surface area contributed by atoms with Gasteiger partial charge in [-0.05, 0) is 68.4 Å². The highest BCUT2D eigenvalue weighted by Gasteiger charge is 2.62. The number of benzene rings is 1. The lowest BCUT2D eigenvalue weighted by Crippen LogP contribution is -2.52. The maximum atomic E-state index is 12.2. The van der Waals surface area contributed by atoms with E-state index in [9.17, 15) is 15.3 Å². The first-order chi connectivity index (χ1) is 19.1. The SMILES string of the molecule is C=C(Cc1cc2ccccc2[nH]1)[C@]12CC#C[C@@H](NC(=NC)NCCCO)C[C@]3(O)[C@@H](O)C[C@@H]([C@@H]3C1)[C@](C)(O)CC2. The summed E-state index contributed by atoms with van der Waals surface area (Å²) >= 11 is 0. The third kappa shape index (κ3) is 5.40. The molecule has 3 aliphatic rings. The Kier molecular flexibility index (Phi) is 8.04. The predicted molar refractivity (Wildman–Crippen MR) is 158 cm³/mol. The maximum Gasteiger partial charge on any atom is 0.191 e. The number of aliphatic hydroxyl groups is 4. The molecule has 1 aromatic carbocycles. The van der Waals surface area contributed by atoms with Crippen molar-refractivity contribution in [1.82, 2.24) is 15.6 Å². The summed E-state index contributed by atoms with van der Waals surface area (Å²) in [6, 6.07) is 9.92. The van der Waals surface area contributed by atoms with E-state index >= 15 is 0 Å². The van der Waals surface area contributed by atoms with Gasteiger partial charge in [-0.3, -0.25) is 4.99 Å². The van der Waals surface area contributed by atoms with Gasteiger partial charge in [0.2, 0.25) is 0 Å². The monoisotopic (exact) mass is 548 g/mol. The predicted octanol–water partition coefficient (Wildman–Crippen LogP) is 2.63. The third-order valence-electron chi connectivity index (χ3n) is 9.84. The van der Waals surface area contributed by atoms with Crippen LogP contribution in [-0.4, -0.2) is 74.9 Å². The quantitative estimate of drug-likeness (QED) is 0.0936. The molecule has 0 saturated heterocycles. The van der Waals surface area contributed by atoms with E-state index in [1.54, 1.807) is 7.05 Å². The van der Waals surface area contributed by atoms with Gasteiger partial charge in [0.1, 0.15) is 0 Å². The average molecular weight is 549 g/mol. The summed E-state index contributed by atoms with van der Waals surface area (Å²) in [6.45, 7) is 7.09. The highest BCUT2D eigenvalue weighted by atomic mass is 16.3. The Morgan fingerprint density at radius 3 is 2.75 bits per heavy atom. The van der Waals surface area contributed by atoms with Crippen LogP contribution < -0.4 is 10.6 Å². The summed E-state index contributed by atoms with van der Waals surface area (Å²) in [7, 11) is 1.67. The third-order valence-corrected chi connectivity index (χ3v) is 9.84. The van der Waals surface area contributed by atoms with Gasteiger partial charge in [0.05, 0.1) is 23.3 Å². The number of nitrogens with one attached hydrogen (secondary N) is 3. The minimum absolute atomic E-state index is 0.0760. The van der Waals surface area contributed by atoms with Crippen LogP contribution in [0.1, 0.15) is 57.6 Å². The minimum Gasteiger partial charge on any atom is -0.396 e. The van der Waals surface area contributed by atoms with E-state index in [0.29, 0.717) is 51.0 Å². The van der Waals surface area contributed by atoms with Crippen molar-refractivity contribution < 1.29 is 20.4 Å². The topological polar surface area (TPSA) is 133 Å². The number of fused-ring (bicyclic) bond motifs is 2. The Balaban J connectivity index is 1.49. The number of rotatable bonds is 7. The molecule has 2 fully saturated rings. The van der Waals surface area contributed by atoms with Crippen LogP contribution in [0.15, 0.2) is 47.5 Å². The lowest BCUT2D eigenvalue weighted by Gasteiger charge is -2.41. The number of guanidine groups is 1. The zero-order valence-corrected chi connectivity index (χ0v) is 23.7. The van der Waals surface area contributed by atoms with Crippen molar-refractivity contribution in [3.05, 3.63) is 48.2 Å². The molecule has 2 saturated carbocycles. The van der Waals surface area contributed by atoms with Gasteiger partial charge in [0.15, 0.2) is 5.96 Å². The van der Waals surface area contributed by atoms with Crippen molar-refractivity contribution in [1.29, 1.82) is 0 Å². The Bertz CT molecular complexity index is 1290. The molecule has 0 aliphatic heterocycles. The van der Waals surface area contributed by atoms with Gasteiger partial charge in [-0.15, -0.1) is 5.92 Å². The van der Waals surface area contributed by atoms with Gasteiger partial charge < -0.3 is 36.0 Å². The Morgan fingerprint density at radius 1 is 1.20 bits per heavy atom. The second-order valence-corrected chi connectivity index (χ2v) is 12.4. The number of H-pyrrole nitrogens is 1. The largest absolute Gasteiger partial charge is 0.396 e. The molecule has 3 aliphatic carbocycles. The molecule has 2 bridgehead atoms. The molecular weight excluding hydrogens is 504 g/mol. The summed E-state index contributed by atoms with van der Waals surface area (Å²) in [5.41, 5.74) is 0.357. The van der Waals surface area contributed by atoms with Crippen molar-refractivity contribution in [2.75, 3.05) is 20.2 Å². The van der Waals surface area contributed by atoms with Crippen LogP contribution in [0.5, 0.6) is 0 Å². The summed E-state index contributed by atoms with van der Waals surface area (Å²) in [4.78, 5) is 7.82. The summed E-state index contributed by atoms with van der Waals surface area (Å²) in [6.07, 6.45) is 3.28. The highest BCUT2D eigenvalue weighted by molar-refractivity contribution is 5.80. The smallest absolute Gasteiger partial charge is 0.191 e. The summed E-state index contributed by atoms with van der Waals surface area (Å²) < 4.78 is 0. The lowest BCUT2D eigenvalue weighted by atomic mass is 9.66. The first-order valence-corrected chi connectivity index (χ1v) is 14.5. The van der Waals surface area contributed by atoms with Gasteiger partial charge in [-0.25, -0.2) is 0 Å². The normalized spacial score (nSPS) is 35.6. The molecule has 0 spiro atoms. The summed E-state index contributed by atoms with van der Waals surface area (Å²) in [5.74, 6) is 6.75. The lowest BCUT2D eigenvalue weighted by molar-refractivity contribution is -0.105. The maximum absolute atomic E-state index is 12.2. The van der Waals surface area contributed by atoms with Crippen LogP contribution >= 0.6 is 0 Å². The van der Waals surface area contributed by atoms with E-state index in [2.05, 4.69) is 57.2 Å². The summed E-state index contributed by atoms with van der Waals surface area (Å²) in [5, 5.41) is 52.0. The van der Waals surface area contributed by atoms with Crippen molar-refractivity contribution >= 4 is 16.9 Å². The molecule has 40 heavy (non-hydrogen) atoms. The number of nitrogens with zero attached hydrogens (tertiary/aromatic N) is 1. The molecule has 1 aromatic heterocycles. The molecule has 5 rings (SSSR count). The van der Waals surface area contributed by atoms with Crippen molar-refractivity contribution in [3.8, 4) is 11.8 Å². The van der Waals surface area contributed by atoms with Crippen molar-refractivity contribution in [3.63, 3.8) is 0 Å². The van der Waals surface area contributed by atoms with E-state index in [0.717, 1.165) is 28.6 Å². The van der Waals surface area contributed by atoms with Crippen molar-refractivity contribution in [2.24, 2.45) is 22.2 Å². The van der Waals surface area contributed by atoms with Gasteiger partial charge in [-0.1, -0.05) is 36.3 Å². The second kappa shape index (κ2) is 11.2. The Hall–Kier alpha value is -2.83. The van der Waals surface area contributed by atoms with Crippen LogP contribution in [0, 0.1) is 29.1 Å². The number of aliphatic hydroxyl groups excluding tert-OH is 2. The number of hydrogen-bond donors (Lipinski definition) is 7.